The van der Waals surface area contributed by atoms with E-state index >= 15 is 0 Å². The summed E-state index contributed by atoms with van der Waals surface area (Å²) < 4.78 is 10.5. The molecule has 0 saturated heterocycles. The predicted molar refractivity (Wildman–Crippen MR) is 81.4 cm³/mol. The molecule has 3 unspecified atom stereocenters. The van der Waals surface area contributed by atoms with Crippen LogP contribution in [0.15, 0.2) is 18.2 Å². The molecule has 0 bridgehead atoms. The van der Waals surface area contributed by atoms with Crippen molar-refractivity contribution in [1.82, 2.24) is 0 Å². The van der Waals surface area contributed by atoms with Crippen LogP contribution in [0, 0.1) is 5.92 Å². The summed E-state index contributed by atoms with van der Waals surface area (Å²) in [7, 11) is 3.21. The maximum atomic E-state index is 10.5. The highest BCUT2D eigenvalue weighted by atomic mass is 16.5. The zero-order chi connectivity index (χ0) is 15.1. The molecule has 4 nitrogen and oxygen atoms in total. The zero-order valence-electron chi connectivity index (χ0n) is 12.9. The minimum atomic E-state index is -0.446. The zero-order valence-corrected chi connectivity index (χ0v) is 12.9. The molecule has 0 aliphatic heterocycles. The van der Waals surface area contributed by atoms with Gasteiger partial charge in [0, 0.05) is 12.5 Å². The molecule has 4 heteroatoms. The summed E-state index contributed by atoms with van der Waals surface area (Å²) in [6.07, 6.45) is 1.60. The molecule has 1 aromatic carbocycles. The third-order valence-corrected chi connectivity index (χ3v) is 3.83. The lowest BCUT2D eigenvalue weighted by Gasteiger charge is -2.27. The van der Waals surface area contributed by atoms with E-state index in [1.807, 2.05) is 18.2 Å². The molecule has 0 heterocycles. The summed E-state index contributed by atoms with van der Waals surface area (Å²) in [6.45, 7) is 4.60. The molecule has 114 valence electrons. The second-order valence-corrected chi connectivity index (χ2v) is 5.21. The molecule has 1 aromatic rings. The van der Waals surface area contributed by atoms with Crippen molar-refractivity contribution in [2.75, 3.05) is 20.8 Å². The number of hydrogen-bond acceptors (Lipinski definition) is 4. The molecule has 20 heavy (non-hydrogen) atoms. The van der Waals surface area contributed by atoms with Crippen molar-refractivity contribution in [1.29, 1.82) is 0 Å². The first-order valence-electron chi connectivity index (χ1n) is 7.19. The number of aliphatic hydroxyl groups is 1. The van der Waals surface area contributed by atoms with Crippen LogP contribution >= 0.6 is 0 Å². The van der Waals surface area contributed by atoms with Crippen molar-refractivity contribution in [2.45, 2.75) is 38.7 Å². The van der Waals surface area contributed by atoms with Gasteiger partial charge in [-0.15, -0.1) is 0 Å². The standard InChI is InChI=1S/C16H27NO3/c1-5-6-11(2)16(18)13(10-17)12-7-8-14(19-3)15(9-12)20-4/h7-9,11,13,16,18H,5-6,10,17H2,1-4H3. The Labute approximate surface area is 121 Å². The summed E-state index contributed by atoms with van der Waals surface area (Å²) in [5.41, 5.74) is 6.86. The predicted octanol–water partition coefficient (Wildman–Crippen LogP) is 2.54. The van der Waals surface area contributed by atoms with E-state index in [0.29, 0.717) is 18.0 Å². The number of aliphatic hydroxyl groups excluding tert-OH is 1. The fourth-order valence-electron chi connectivity index (χ4n) is 2.58. The molecule has 0 spiro atoms. The quantitative estimate of drug-likeness (QED) is 0.768. The van der Waals surface area contributed by atoms with Crippen LogP contribution in [0.3, 0.4) is 0 Å². The van der Waals surface area contributed by atoms with Gasteiger partial charge in [-0.05, 0) is 30.0 Å². The highest BCUT2D eigenvalue weighted by molar-refractivity contribution is 5.44. The average Bonchev–Trinajstić information content (AvgIpc) is 2.47. The first kappa shape index (κ1) is 16.8. The fourth-order valence-corrected chi connectivity index (χ4v) is 2.58. The van der Waals surface area contributed by atoms with Crippen LogP contribution in [0.2, 0.25) is 0 Å². The lowest BCUT2D eigenvalue weighted by atomic mass is 9.84. The van der Waals surface area contributed by atoms with E-state index < -0.39 is 6.10 Å². The van der Waals surface area contributed by atoms with Gasteiger partial charge in [0.05, 0.1) is 20.3 Å². The van der Waals surface area contributed by atoms with Gasteiger partial charge in [0.1, 0.15) is 0 Å². The van der Waals surface area contributed by atoms with E-state index in [0.717, 1.165) is 18.4 Å². The number of ether oxygens (including phenoxy) is 2. The van der Waals surface area contributed by atoms with Gasteiger partial charge in [0.15, 0.2) is 11.5 Å². The molecule has 0 fully saturated rings. The van der Waals surface area contributed by atoms with Gasteiger partial charge in [0.2, 0.25) is 0 Å². The van der Waals surface area contributed by atoms with Crippen LogP contribution in [-0.2, 0) is 0 Å². The first-order valence-corrected chi connectivity index (χ1v) is 7.19. The molecule has 0 radical (unpaired) electrons. The van der Waals surface area contributed by atoms with Crippen LogP contribution in [0.5, 0.6) is 11.5 Å². The number of hydrogen-bond donors (Lipinski definition) is 2. The van der Waals surface area contributed by atoms with Crippen molar-refractivity contribution in [2.24, 2.45) is 11.7 Å². The molecular weight excluding hydrogens is 254 g/mol. The summed E-state index contributed by atoms with van der Waals surface area (Å²) in [6, 6.07) is 5.70. The van der Waals surface area contributed by atoms with E-state index in [4.69, 9.17) is 15.2 Å². The van der Waals surface area contributed by atoms with E-state index in [9.17, 15) is 5.11 Å². The molecule has 0 amide bonds. The van der Waals surface area contributed by atoms with Crippen molar-refractivity contribution < 1.29 is 14.6 Å². The second-order valence-electron chi connectivity index (χ2n) is 5.21. The number of benzene rings is 1. The Kier molecular flexibility index (Phi) is 6.82. The van der Waals surface area contributed by atoms with Gasteiger partial charge in [-0.2, -0.15) is 0 Å². The van der Waals surface area contributed by atoms with Crippen molar-refractivity contribution >= 4 is 0 Å². The molecule has 1 rings (SSSR count). The summed E-state index contributed by atoms with van der Waals surface area (Å²) in [5, 5.41) is 10.5. The average molecular weight is 281 g/mol. The molecule has 0 saturated carbocycles. The number of methoxy groups -OCH3 is 2. The Bertz CT molecular complexity index is 409. The highest BCUT2D eigenvalue weighted by Crippen LogP contribution is 2.33. The Morgan fingerprint density at radius 1 is 1.20 bits per heavy atom. The first-order chi connectivity index (χ1) is 9.58. The molecule has 0 aliphatic carbocycles. The van der Waals surface area contributed by atoms with E-state index in [1.54, 1.807) is 14.2 Å². The van der Waals surface area contributed by atoms with Crippen LogP contribution in [0.4, 0.5) is 0 Å². The molecule has 0 aromatic heterocycles. The number of nitrogens with two attached hydrogens (primary N) is 1. The maximum Gasteiger partial charge on any atom is 0.160 e. The normalized spacial score (nSPS) is 15.5. The largest absolute Gasteiger partial charge is 0.493 e. The van der Waals surface area contributed by atoms with Gasteiger partial charge >= 0.3 is 0 Å². The van der Waals surface area contributed by atoms with Gasteiger partial charge in [-0.25, -0.2) is 0 Å². The lowest BCUT2D eigenvalue weighted by Crippen LogP contribution is -2.31. The molecule has 0 aliphatic rings. The number of rotatable bonds is 8. The smallest absolute Gasteiger partial charge is 0.160 e. The van der Waals surface area contributed by atoms with E-state index in [1.165, 1.54) is 0 Å². The summed E-state index contributed by atoms with van der Waals surface area (Å²) in [4.78, 5) is 0. The Morgan fingerprint density at radius 2 is 1.85 bits per heavy atom. The van der Waals surface area contributed by atoms with Crippen LogP contribution in [0.25, 0.3) is 0 Å². The summed E-state index contributed by atoms with van der Waals surface area (Å²) in [5.74, 6) is 1.49. The van der Waals surface area contributed by atoms with Gasteiger partial charge in [-0.3, -0.25) is 0 Å². The van der Waals surface area contributed by atoms with Gasteiger partial charge < -0.3 is 20.3 Å². The Hall–Kier alpha value is -1.26. The van der Waals surface area contributed by atoms with Crippen molar-refractivity contribution in [3.05, 3.63) is 23.8 Å². The highest BCUT2D eigenvalue weighted by Gasteiger charge is 2.25. The van der Waals surface area contributed by atoms with Crippen LogP contribution in [-0.4, -0.2) is 32.0 Å². The maximum absolute atomic E-state index is 10.5. The van der Waals surface area contributed by atoms with Gasteiger partial charge in [-0.1, -0.05) is 26.3 Å². The van der Waals surface area contributed by atoms with Crippen LogP contribution in [0.1, 0.15) is 38.2 Å². The Morgan fingerprint density at radius 3 is 2.35 bits per heavy atom. The fraction of sp³-hybridized carbons (Fsp3) is 0.625. The topological polar surface area (TPSA) is 64.7 Å². The van der Waals surface area contributed by atoms with E-state index in [2.05, 4.69) is 13.8 Å². The van der Waals surface area contributed by atoms with Crippen LogP contribution < -0.4 is 15.2 Å². The minimum absolute atomic E-state index is 0.0867. The summed E-state index contributed by atoms with van der Waals surface area (Å²) >= 11 is 0. The van der Waals surface area contributed by atoms with Crippen molar-refractivity contribution in [3.8, 4) is 11.5 Å². The lowest BCUT2D eigenvalue weighted by molar-refractivity contribution is 0.0858. The Balaban J connectivity index is 3.00. The third-order valence-electron chi connectivity index (χ3n) is 3.83. The monoisotopic (exact) mass is 281 g/mol. The van der Waals surface area contributed by atoms with Crippen molar-refractivity contribution in [3.63, 3.8) is 0 Å². The molecular formula is C16H27NO3. The molecule has 3 atom stereocenters. The SMILES string of the molecule is CCCC(C)C(O)C(CN)c1ccc(OC)c(OC)c1. The molecule has 3 N–H and O–H groups in total. The van der Waals surface area contributed by atoms with E-state index in [-0.39, 0.29) is 11.8 Å². The third kappa shape index (κ3) is 3.87. The minimum Gasteiger partial charge on any atom is -0.493 e. The van der Waals surface area contributed by atoms with Gasteiger partial charge in [0.25, 0.3) is 0 Å². The second kappa shape index (κ2) is 8.12.